The molecule has 146 valence electrons. The monoisotopic (exact) mass is 414 g/mol. The molecule has 0 atom stereocenters. The summed E-state index contributed by atoms with van der Waals surface area (Å²) in [5.74, 6) is -0.511. The van der Waals surface area contributed by atoms with Gasteiger partial charge in [0.25, 0.3) is 0 Å². The number of carbonyl (C=O) groups excluding carboxylic acids is 1. The Morgan fingerprint density at radius 1 is 1.26 bits per heavy atom. The normalized spacial score (nSPS) is 11.1. The lowest BCUT2D eigenvalue weighted by Crippen LogP contribution is -2.41. The topological polar surface area (TPSA) is 75.7 Å². The Morgan fingerprint density at radius 3 is 2.63 bits per heavy atom. The molecule has 9 heteroatoms. The van der Waals surface area contributed by atoms with Crippen molar-refractivity contribution in [3.05, 3.63) is 58.9 Å². The number of rotatable bonds is 8. The Hall–Kier alpha value is -2.32. The zero-order chi connectivity index (χ0) is 20.0. The molecule has 27 heavy (non-hydrogen) atoms. The van der Waals surface area contributed by atoms with Crippen LogP contribution in [0.4, 0.5) is 10.1 Å². The summed E-state index contributed by atoms with van der Waals surface area (Å²) in [6, 6.07) is 10.9. The minimum Gasteiger partial charge on any atom is -0.492 e. The molecule has 1 amide bonds. The first-order chi connectivity index (χ1) is 12.7. The quantitative estimate of drug-likeness (QED) is 0.674. The second kappa shape index (κ2) is 9.05. The number of benzene rings is 2. The summed E-state index contributed by atoms with van der Waals surface area (Å²) < 4.78 is 43.7. The molecule has 6 nitrogen and oxygen atoms in total. The van der Waals surface area contributed by atoms with Crippen molar-refractivity contribution in [3.63, 3.8) is 0 Å². The number of nitrogens with one attached hydrogen (secondary N) is 1. The summed E-state index contributed by atoms with van der Waals surface area (Å²) in [5.41, 5.74) is 1.16. The summed E-state index contributed by atoms with van der Waals surface area (Å²) in [6.07, 6.45) is 0.957. The molecule has 1 N–H and O–H groups in total. The van der Waals surface area contributed by atoms with E-state index in [0.29, 0.717) is 5.75 Å². The van der Waals surface area contributed by atoms with Gasteiger partial charge in [-0.15, -0.1) is 0 Å². The number of nitrogens with zero attached hydrogens (tertiary/aromatic N) is 1. The van der Waals surface area contributed by atoms with Gasteiger partial charge in [0, 0.05) is 0 Å². The smallest absolute Gasteiger partial charge is 0.240 e. The van der Waals surface area contributed by atoms with E-state index in [1.807, 2.05) is 25.1 Å². The highest BCUT2D eigenvalue weighted by Crippen LogP contribution is 2.24. The van der Waals surface area contributed by atoms with Crippen LogP contribution in [0.25, 0.3) is 0 Å². The van der Waals surface area contributed by atoms with Crippen molar-refractivity contribution in [2.24, 2.45) is 0 Å². The molecule has 0 radical (unpaired) electrons. The van der Waals surface area contributed by atoms with E-state index in [4.69, 9.17) is 16.3 Å². The van der Waals surface area contributed by atoms with Crippen LogP contribution < -0.4 is 14.4 Å². The average Bonchev–Trinajstić information content (AvgIpc) is 2.58. The van der Waals surface area contributed by atoms with Gasteiger partial charge in [0.15, 0.2) is 0 Å². The molecule has 0 bridgehead atoms. The number of anilines is 1. The molecule has 0 saturated heterocycles. The average molecular weight is 415 g/mol. The third-order valence-electron chi connectivity index (χ3n) is 3.56. The third-order valence-corrected chi connectivity index (χ3v) is 4.99. The van der Waals surface area contributed by atoms with Gasteiger partial charge in [0.2, 0.25) is 15.9 Å². The summed E-state index contributed by atoms with van der Waals surface area (Å²) in [5, 5.41) is 2.36. The summed E-state index contributed by atoms with van der Waals surface area (Å²) in [6.45, 7) is 1.92. The van der Waals surface area contributed by atoms with Crippen molar-refractivity contribution in [2.45, 2.75) is 6.92 Å². The van der Waals surface area contributed by atoms with E-state index in [1.54, 1.807) is 6.07 Å². The van der Waals surface area contributed by atoms with E-state index >= 15 is 0 Å². The van der Waals surface area contributed by atoms with Crippen LogP contribution in [0.3, 0.4) is 0 Å². The van der Waals surface area contributed by atoms with Crippen LogP contribution in [0.5, 0.6) is 5.75 Å². The van der Waals surface area contributed by atoms with E-state index in [2.05, 4.69) is 5.32 Å². The van der Waals surface area contributed by atoms with Crippen LogP contribution in [0.2, 0.25) is 5.02 Å². The maximum absolute atomic E-state index is 13.3. The number of amides is 1. The summed E-state index contributed by atoms with van der Waals surface area (Å²) in [4.78, 5) is 12.1. The van der Waals surface area contributed by atoms with Crippen molar-refractivity contribution in [2.75, 3.05) is 30.3 Å². The van der Waals surface area contributed by atoms with Crippen molar-refractivity contribution >= 4 is 33.2 Å². The molecule has 0 unspecified atom stereocenters. The largest absolute Gasteiger partial charge is 0.492 e. The van der Waals surface area contributed by atoms with E-state index < -0.39 is 28.3 Å². The van der Waals surface area contributed by atoms with Gasteiger partial charge in [-0.3, -0.25) is 9.10 Å². The van der Waals surface area contributed by atoms with Gasteiger partial charge >= 0.3 is 0 Å². The van der Waals surface area contributed by atoms with Crippen LogP contribution in [0.1, 0.15) is 5.56 Å². The molecule has 2 aromatic rings. The third kappa shape index (κ3) is 6.41. The van der Waals surface area contributed by atoms with Gasteiger partial charge in [0.1, 0.15) is 24.7 Å². The Morgan fingerprint density at radius 2 is 2.00 bits per heavy atom. The summed E-state index contributed by atoms with van der Waals surface area (Å²) >= 11 is 5.70. The Labute approximate surface area is 162 Å². The predicted molar refractivity (Wildman–Crippen MR) is 103 cm³/mol. The number of hydrogen-bond acceptors (Lipinski definition) is 4. The van der Waals surface area contributed by atoms with Crippen LogP contribution in [-0.4, -0.2) is 40.3 Å². The minimum absolute atomic E-state index is 0.107. The van der Waals surface area contributed by atoms with E-state index in [-0.39, 0.29) is 23.9 Å². The Kier molecular flexibility index (Phi) is 7.04. The lowest BCUT2D eigenvalue weighted by atomic mass is 10.2. The maximum Gasteiger partial charge on any atom is 0.240 e. The molecule has 0 aromatic heterocycles. The molecular formula is C18H20ClFN2O4S. The maximum atomic E-state index is 13.3. The van der Waals surface area contributed by atoms with E-state index in [0.717, 1.165) is 28.3 Å². The Bertz CT molecular complexity index is 921. The predicted octanol–water partition coefficient (Wildman–Crippen LogP) is 2.75. The number of aryl methyl sites for hydroxylation is 1. The molecule has 0 aliphatic carbocycles. The zero-order valence-electron chi connectivity index (χ0n) is 14.9. The fourth-order valence-electron chi connectivity index (χ4n) is 2.29. The highest BCUT2D eigenvalue weighted by atomic mass is 35.5. The standard InChI is InChI=1S/C18H20ClFN2O4S/c1-13-4-3-5-15(10-13)26-9-8-21-18(23)12-22(27(2,24)25)14-6-7-17(20)16(19)11-14/h3-7,10-11H,8-9,12H2,1-2H3,(H,21,23). The van der Waals surface area contributed by atoms with E-state index in [9.17, 15) is 17.6 Å². The molecule has 0 aliphatic rings. The molecule has 0 saturated carbocycles. The Balaban J connectivity index is 1.93. The molecule has 2 rings (SSSR count). The fraction of sp³-hybridized carbons (Fsp3) is 0.278. The van der Waals surface area contributed by atoms with Crippen molar-refractivity contribution in [1.82, 2.24) is 5.32 Å². The first-order valence-electron chi connectivity index (χ1n) is 8.06. The first-order valence-corrected chi connectivity index (χ1v) is 10.3. The molecule has 0 heterocycles. The van der Waals surface area contributed by atoms with Crippen LogP contribution in [0.15, 0.2) is 42.5 Å². The van der Waals surface area contributed by atoms with Crippen molar-refractivity contribution in [1.29, 1.82) is 0 Å². The minimum atomic E-state index is -3.76. The molecule has 0 aliphatic heterocycles. The molecule has 0 spiro atoms. The molecule has 0 fully saturated rings. The highest BCUT2D eigenvalue weighted by Gasteiger charge is 2.21. The number of ether oxygens (including phenoxy) is 1. The SMILES string of the molecule is Cc1cccc(OCCNC(=O)CN(c2ccc(F)c(Cl)c2)S(C)(=O)=O)c1. The zero-order valence-corrected chi connectivity index (χ0v) is 16.5. The van der Waals surface area contributed by atoms with Gasteiger partial charge in [-0.2, -0.15) is 0 Å². The first kappa shape index (κ1) is 21.0. The van der Waals surface area contributed by atoms with Gasteiger partial charge in [-0.25, -0.2) is 12.8 Å². The molecule has 2 aromatic carbocycles. The lowest BCUT2D eigenvalue weighted by molar-refractivity contribution is -0.119. The van der Waals surface area contributed by atoms with Gasteiger partial charge in [-0.1, -0.05) is 23.7 Å². The highest BCUT2D eigenvalue weighted by molar-refractivity contribution is 7.92. The number of hydrogen-bond donors (Lipinski definition) is 1. The van der Waals surface area contributed by atoms with Gasteiger partial charge < -0.3 is 10.1 Å². The molecular weight excluding hydrogens is 395 g/mol. The number of sulfonamides is 1. The van der Waals surface area contributed by atoms with Crippen LogP contribution >= 0.6 is 11.6 Å². The second-order valence-electron chi connectivity index (χ2n) is 5.88. The van der Waals surface area contributed by atoms with Crippen molar-refractivity contribution in [3.8, 4) is 5.75 Å². The van der Waals surface area contributed by atoms with Crippen LogP contribution in [0, 0.1) is 12.7 Å². The van der Waals surface area contributed by atoms with E-state index in [1.165, 1.54) is 6.07 Å². The number of halogens is 2. The fourth-order valence-corrected chi connectivity index (χ4v) is 3.31. The van der Waals surface area contributed by atoms with Crippen LogP contribution in [-0.2, 0) is 14.8 Å². The second-order valence-corrected chi connectivity index (χ2v) is 8.20. The van der Waals surface area contributed by atoms with Crippen molar-refractivity contribution < 1.29 is 22.3 Å². The van der Waals surface area contributed by atoms with Gasteiger partial charge in [0.05, 0.1) is 23.5 Å². The lowest BCUT2D eigenvalue weighted by Gasteiger charge is -2.22. The van der Waals surface area contributed by atoms with Gasteiger partial charge in [-0.05, 0) is 42.8 Å². The number of carbonyl (C=O) groups is 1. The summed E-state index contributed by atoms with van der Waals surface area (Å²) in [7, 11) is -3.76.